The van der Waals surface area contributed by atoms with E-state index in [0.717, 1.165) is 33.2 Å². The van der Waals surface area contributed by atoms with Gasteiger partial charge in [-0.05, 0) is 30.3 Å². The summed E-state index contributed by atoms with van der Waals surface area (Å²) in [4.78, 5) is 28.4. The summed E-state index contributed by atoms with van der Waals surface area (Å²) < 4.78 is 4.91. The largest absolute Gasteiger partial charge is 0.383 e. The van der Waals surface area contributed by atoms with Crippen molar-refractivity contribution in [3.63, 3.8) is 0 Å². The Bertz CT molecular complexity index is 1070. The normalized spacial score (nSPS) is 11.1. The number of hydrogen-bond acceptors (Lipinski definition) is 5. The summed E-state index contributed by atoms with van der Waals surface area (Å²) in [5, 5.41) is 4.82. The Kier molecular flexibility index (Phi) is 4.28. The maximum Gasteiger partial charge on any atom is 0.269 e. The molecule has 4 rings (SSSR count). The second-order valence-electron chi connectivity index (χ2n) is 5.82. The van der Waals surface area contributed by atoms with E-state index in [4.69, 9.17) is 4.74 Å². The van der Waals surface area contributed by atoms with E-state index >= 15 is 0 Å². The number of aromatic amines is 1. The highest BCUT2D eigenvalue weighted by molar-refractivity contribution is 6.05. The quantitative estimate of drug-likeness (QED) is 0.541. The molecular weight excluding hydrogens is 330 g/mol. The molecule has 1 amide bonds. The van der Waals surface area contributed by atoms with Gasteiger partial charge in [-0.25, -0.2) is 4.98 Å². The maximum absolute atomic E-state index is 12.0. The minimum atomic E-state index is -0.222. The van der Waals surface area contributed by atoms with Gasteiger partial charge in [0.25, 0.3) is 5.91 Å². The van der Waals surface area contributed by atoms with Crippen molar-refractivity contribution in [2.24, 2.45) is 0 Å². The van der Waals surface area contributed by atoms with Crippen molar-refractivity contribution >= 4 is 27.8 Å². The smallest absolute Gasteiger partial charge is 0.269 e. The molecule has 7 nitrogen and oxygen atoms in total. The van der Waals surface area contributed by atoms with Crippen molar-refractivity contribution in [3.05, 3.63) is 54.6 Å². The Balaban J connectivity index is 1.61. The van der Waals surface area contributed by atoms with Gasteiger partial charge in [0.05, 0.1) is 17.8 Å². The predicted molar refractivity (Wildman–Crippen MR) is 98.8 cm³/mol. The number of carbonyl (C=O) groups is 1. The van der Waals surface area contributed by atoms with Gasteiger partial charge in [0.15, 0.2) is 0 Å². The van der Waals surface area contributed by atoms with Gasteiger partial charge in [0, 0.05) is 48.6 Å². The molecule has 0 atom stereocenters. The van der Waals surface area contributed by atoms with Gasteiger partial charge in [-0.3, -0.25) is 14.8 Å². The van der Waals surface area contributed by atoms with E-state index in [1.54, 1.807) is 25.6 Å². The lowest BCUT2D eigenvalue weighted by Crippen LogP contribution is -2.27. The predicted octanol–water partition coefficient (Wildman–Crippen LogP) is 2.55. The highest BCUT2D eigenvalue weighted by Gasteiger charge is 2.10. The first-order chi connectivity index (χ1) is 12.8. The molecule has 0 saturated carbocycles. The van der Waals surface area contributed by atoms with Crippen molar-refractivity contribution in [3.8, 4) is 11.3 Å². The molecule has 4 heterocycles. The van der Waals surface area contributed by atoms with Crippen LogP contribution in [0.3, 0.4) is 0 Å². The van der Waals surface area contributed by atoms with Gasteiger partial charge in [-0.15, -0.1) is 0 Å². The number of hydrogen-bond donors (Lipinski definition) is 2. The zero-order valence-electron chi connectivity index (χ0n) is 14.2. The molecule has 0 aliphatic heterocycles. The molecule has 7 heteroatoms. The van der Waals surface area contributed by atoms with Gasteiger partial charge in [0.1, 0.15) is 11.3 Å². The van der Waals surface area contributed by atoms with E-state index in [9.17, 15) is 4.79 Å². The first-order valence-electron chi connectivity index (χ1n) is 8.22. The summed E-state index contributed by atoms with van der Waals surface area (Å²) in [5.41, 5.74) is 3.79. The first kappa shape index (κ1) is 16.2. The highest BCUT2D eigenvalue weighted by Crippen LogP contribution is 2.26. The summed E-state index contributed by atoms with van der Waals surface area (Å²) in [6.07, 6.45) is 5.23. The fraction of sp³-hybridized carbons (Fsp3) is 0.158. The molecule has 4 aromatic heterocycles. The van der Waals surface area contributed by atoms with E-state index in [1.165, 1.54) is 0 Å². The van der Waals surface area contributed by atoms with E-state index in [2.05, 4.69) is 25.3 Å². The van der Waals surface area contributed by atoms with Crippen molar-refractivity contribution in [1.29, 1.82) is 0 Å². The molecule has 0 aromatic carbocycles. The number of fused-ring (bicyclic) bond motifs is 3. The van der Waals surface area contributed by atoms with Crippen LogP contribution in [0.4, 0.5) is 0 Å². The Morgan fingerprint density at radius 1 is 1.15 bits per heavy atom. The first-order valence-corrected chi connectivity index (χ1v) is 8.22. The van der Waals surface area contributed by atoms with Crippen LogP contribution in [0.2, 0.25) is 0 Å². The van der Waals surface area contributed by atoms with Crippen molar-refractivity contribution in [2.45, 2.75) is 0 Å². The average Bonchev–Trinajstić information content (AvgIpc) is 3.06. The summed E-state index contributed by atoms with van der Waals surface area (Å²) in [7, 11) is 1.59. The van der Waals surface area contributed by atoms with E-state index < -0.39 is 0 Å². The number of methoxy groups -OCH3 is 1. The second-order valence-corrected chi connectivity index (χ2v) is 5.82. The molecule has 2 N–H and O–H groups in total. The number of carbonyl (C=O) groups excluding carboxylic acids is 1. The third kappa shape index (κ3) is 3.00. The number of nitrogens with one attached hydrogen (secondary N) is 2. The highest BCUT2D eigenvalue weighted by atomic mass is 16.5. The van der Waals surface area contributed by atoms with Gasteiger partial charge >= 0.3 is 0 Å². The van der Waals surface area contributed by atoms with E-state index in [0.29, 0.717) is 18.8 Å². The number of nitrogens with zero attached hydrogens (tertiary/aromatic N) is 3. The Labute approximate surface area is 149 Å². The number of H-pyrrole nitrogens is 1. The molecule has 4 aromatic rings. The van der Waals surface area contributed by atoms with Crippen LogP contribution in [0.25, 0.3) is 33.2 Å². The van der Waals surface area contributed by atoms with Crippen LogP contribution >= 0.6 is 0 Å². The maximum atomic E-state index is 12.0. The number of ether oxygens (including phenoxy) is 1. The Hall–Kier alpha value is -3.32. The lowest BCUT2D eigenvalue weighted by Gasteiger charge is -2.05. The molecule has 26 heavy (non-hydrogen) atoms. The monoisotopic (exact) mass is 347 g/mol. The number of rotatable bonds is 5. The molecule has 0 saturated heterocycles. The van der Waals surface area contributed by atoms with Crippen molar-refractivity contribution < 1.29 is 9.53 Å². The minimum Gasteiger partial charge on any atom is -0.383 e. The molecule has 0 aliphatic rings. The molecule has 0 fully saturated rings. The zero-order chi connectivity index (χ0) is 17.9. The molecule has 0 unspecified atom stereocenters. The van der Waals surface area contributed by atoms with Crippen molar-refractivity contribution in [1.82, 2.24) is 25.3 Å². The molecule has 0 radical (unpaired) electrons. The van der Waals surface area contributed by atoms with Crippen LogP contribution < -0.4 is 5.32 Å². The third-order valence-electron chi connectivity index (χ3n) is 4.14. The summed E-state index contributed by atoms with van der Waals surface area (Å²) in [5.74, 6) is -0.222. The number of aromatic nitrogens is 4. The van der Waals surface area contributed by atoms with Crippen LogP contribution in [-0.2, 0) is 4.74 Å². The minimum absolute atomic E-state index is 0.222. The van der Waals surface area contributed by atoms with Gasteiger partial charge in [-0.2, -0.15) is 0 Å². The van der Waals surface area contributed by atoms with Crippen molar-refractivity contribution in [2.75, 3.05) is 20.3 Å². The van der Waals surface area contributed by atoms with Gasteiger partial charge in [-0.1, -0.05) is 0 Å². The van der Waals surface area contributed by atoms with Crippen LogP contribution in [0.1, 0.15) is 10.5 Å². The zero-order valence-corrected chi connectivity index (χ0v) is 14.2. The Morgan fingerprint density at radius 3 is 2.88 bits per heavy atom. The SMILES string of the molecule is COCCNC(=O)c1ccc(-c2ccc3c(n2)[nH]c2ccncc23)cn1. The fourth-order valence-electron chi connectivity index (χ4n) is 2.82. The summed E-state index contributed by atoms with van der Waals surface area (Å²) in [6.45, 7) is 0.917. The molecule has 130 valence electrons. The topological polar surface area (TPSA) is 92.8 Å². The summed E-state index contributed by atoms with van der Waals surface area (Å²) in [6, 6.07) is 9.42. The molecule has 0 spiro atoms. The third-order valence-corrected chi connectivity index (χ3v) is 4.14. The van der Waals surface area contributed by atoms with Gasteiger partial charge < -0.3 is 15.0 Å². The molecule has 0 aliphatic carbocycles. The second kappa shape index (κ2) is 6.89. The molecule has 0 bridgehead atoms. The standard InChI is InChI=1S/C19H17N5O2/c1-26-9-8-21-19(25)17-4-2-12(10-22-17)15-5-3-13-14-11-20-7-6-16(14)24-18(13)23-15/h2-7,10-11H,8-9H2,1H3,(H,21,25)(H,23,24). The number of pyridine rings is 3. The summed E-state index contributed by atoms with van der Waals surface area (Å²) >= 11 is 0. The van der Waals surface area contributed by atoms with Crippen LogP contribution in [0.5, 0.6) is 0 Å². The molecular formula is C19H17N5O2. The lowest BCUT2D eigenvalue weighted by molar-refractivity contribution is 0.0932. The van der Waals surface area contributed by atoms with E-state index in [-0.39, 0.29) is 5.91 Å². The average molecular weight is 347 g/mol. The van der Waals surface area contributed by atoms with Gasteiger partial charge in [0.2, 0.25) is 0 Å². The van der Waals surface area contributed by atoms with Crippen LogP contribution in [0.15, 0.2) is 48.9 Å². The van der Waals surface area contributed by atoms with E-state index in [1.807, 2.05) is 30.5 Å². The van der Waals surface area contributed by atoms with Crippen LogP contribution in [-0.4, -0.2) is 46.1 Å². The lowest BCUT2D eigenvalue weighted by atomic mass is 10.1. The van der Waals surface area contributed by atoms with Crippen LogP contribution in [0, 0.1) is 0 Å². The fourth-order valence-corrected chi connectivity index (χ4v) is 2.82. The Morgan fingerprint density at radius 2 is 2.08 bits per heavy atom. The number of amides is 1.